The van der Waals surface area contributed by atoms with Gasteiger partial charge >= 0.3 is 0 Å². The van der Waals surface area contributed by atoms with Gasteiger partial charge in [-0.1, -0.05) is 35.0 Å². The van der Waals surface area contributed by atoms with Crippen molar-refractivity contribution >= 4 is 15.9 Å². The van der Waals surface area contributed by atoms with Crippen LogP contribution in [-0.2, 0) is 11.2 Å². The zero-order valence-electron chi connectivity index (χ0n) is 11.5. The third-order valence-corrected chi connectivity index (χ3v) is 4.24. The van der Waals surface area contributed by atoms with Crippen LogP contribution in [0.4, 0.5) is 0 Å². The second kappa shape index (κ2) is 8.54. The molecule has 2 nitrogen and oxygen atoms in total. The highest BCUT2D eigenvalue weighted by Crippen LogP contribution is 2.24. The molecule has 102 valence electrons. The number of methoxy groups -OCH3 is 2. The average Bonchev–Trinajstić information content (AvgIpc) is 2.42. The largest absolute Gasteiger partial charge is 0.497 e. The van der Waals surface area contributed by atoms with E-state index in [4.69, 9.17) is 9.47 Å². The maximum atomic E-state index is 5.26. The standard InChI is InChI=1S/C15H23BrO2/c1-12(7-8-17-2)14(11-16)9-13-5-4-6-15(10-13)18-3/h4-6,10,12,14H,7-9,11H2,1-3H3. The number of alkyl halides is 1. The van der Waals surface area contributed by atoms with Gasteiger partial charge in [-0.2, -0.15) is 0 Å². The van der Waals surface area contributed by atoms with Crippen LogP contribution < -0.4 is 4.74 Å². The minimum absolute atomic E-state index is 0.632. The summed E-state index contributed by atoms with van der Waals surface area (Å²) in [5.41, 5.74) is 1.34. The van der Waals surface area contributed by atoms with Crippen LogP contribution in [0.2, 0.25) is 0 Å². The van der Waals surface area contributed by atoms with E-state index in [1.165, 1.54) is 5.56 Å². The molecule has 0 aromatic heterocycles. The van der Waals surface area contributed by atoms with Gasteiger partial charge in [0.1, 0.15) is 5.75 Å². The Hall–Kier alpha value is -0.540. The number of benzene rings is 1. The molecule has 0 radical (unpaired) electrons. The third-order valence-electron chi connectivity index (χ3n) is 3.41. The number of rotatable bonds is 8. The van der Waals surface area contributed by atoms with E-state index in [0.717, 1.165) is 30.5 Å². The minimum atomic E-state index is 0.632. The molecule has 0 saturated carbocycles. The van der Waals surface area contributed by atoms with E-state index >= 15 is 0 Å². The lowest BCUT2D eigenvalue weighted by Crippen LogP contribution is -2.17. The van der Waals surface area contributed by atoms with Crippen LogP contribution in [0, 0.1) is 11.8 Å². The molecule has 1 aromatic carbocycles. The van der Waals surface area contributed by atoms with Crippen LogP contribution in [0.25, 0.3) is 0 Å². The van der Waals surface area contributed by atoms with Crippen molar-refractivity contribution < 1.29 is 9.47 Å². The van der Waals surface area contributed by atoms with E-state index in [1.54, 1.807) is 14.2 Å². The fourth-order valence-electron chi connectivity index (χ4n) is 2.05. The van der Waals surface area contributed by atoms with Crippen molar-refractivity contribution in [2.24, 2.45) is 11.8 Å². The smallest absolute Gasteiger partial charge is 0.119 e. The Morgan fingerprint density at radius 3 is 2.67 bits per heavy atom. The summed E-state index contributed by atoms with van der Waals surface area (Å²) in [6.07, 6.45) is 2.18. The van der Waals surface area contributed by atoms with Gasteiger partial charge in [-0.05, 0) is 42.4 Å². The second-order valence-corrected chi connectivity index (χ2v) is 5.38. The molecule has 1 rings (SSSR count). The molecule has 3 heteroatoms. The molecule has 0 aliphatic carbocycles. The van der Waals surface area contributed by atoms with Gasteiger partial charge in [0.2, 0.25) is 0 Å². The van der Waals surface area contributed by atoms with Crippen molar-refractivity contribution in [3.05, 3.63) is 29.8 Å². The van der Waals surface area contributed by atoms with Gasteiger partial charge in [0.15, 0.2) is 0 Å². The Morgan fingerprint density at radius 2 is 2.06 bits per heavy atom. The first-order valence-electron chi connectivity index (χ1n) is 6.39. The van der Waals surface area contributed by atoms with Gasteiger partial charge in [0.05, 0.1) is 7.11 Å². The normalized spacial score (nSPS) is 14.2. The summed E-state index contributed by atoms with van der Waals surface area (Å²) in [6, 6.07) is 8.33. The lowest BCUT2D eigenvalue weighted by Gasteiger charge is -2.22. The lowest BCUT2D eigenvalue weighted by atomic mass is 9.87. The maximum Gasteiger partial charge on any atom is 0.119 e. The molecule has 0 heterocycles. The van der Waals surface area contributed by atoms with Crippen molar-refractivity contribution in [2.75, 3.05) is 26.2 Å². The zero-order chi connectivity index (χ0) is 13.4. The van der Waals surface area contributed by atoms with Crippen LogP contribution in [-0.4, -0.2) is 26.2 Å². The van der Waals surface area contributed by atoms with Gasteiger partial charge in [0.25, 0.3) is 0 Å². The summed E-state index contributed by atoms with van der Waals surface area (Å²) in [6.45, 7) is 3.13. The molecule has 0 aliphatic rings. The molecule has 0 amide bonds. The molecular formula is C15H23BrO2. The Morgan fingerprint density at radius 1 is 1.28 bits per heavy atom. The molecule has 1 aromatic rings. The van der Waals surface area contributed by atoms with Crippen LogP contribution in [0.5, 0.6) is 5.75 Å². The van der Waals surface area contributed by atoms with Gasteiger partial charge < -0.3 is 9.47 Å². The highest BCUT2D eigenvalue weighted by molar-refractivity contribution is 9.09. The minimum Gasteiger partial charge on any atom is -0.497 e. The molecule has 0 spiro atoms. The topological polar surface area (TPSA) is 18.5 Å². The van der Waals surface area contributed by atoms with Gasteiger partial charge in [0, 0.05) is 19.0 Å². The summed E-state index contributed by atoms with van der Waals surface area (Å²) >= 11 is 3.63. The van der Waals surface area contributed by atoms with Crippen molar-refractivity contribution in [3.63, 3.8) is 0 Å². The lowest BCUT2D eigenvalue weighted by molar-refractivity contribution is 0.168. The molecule has 0 fully saturated rings. The molecule has 2 unspecified atom stereocenters. The molecule has 0 N–H and O–H groups in total. The molecule has 18 heavy (non-hydrogen) atoms. The van der Waals surface area contributed by atoms with Crippen LogP contribution in [0.3, 0.4) is 0 Å². The summed E-state index contributed by atoms with van der Waals surface area (Å²) in [5, 5.41) is 1.02. The third kappa shape index (κ3) is 4.99. The van der Waals surface area contributed by atoms with Gasteiger partial charge in [-0.3, -0.25) is 0 Å². The fraction of sp³-hybridized carbons (Fsp3) is 0.600. The monoisotopic (exact) mass is 314 g/mol. The first-order chi connectivity index (χ1) is 8.71. The Bertz CT molecular complexity index is 341. The first-order valence-corrected chi connectivity index (χ1v) is 7.51. The van der Waals surface area contributed by atoms with E-state index in [2.05, 4.69) is 41.1 Å². The Kier molecular flexibility index (Phi) is 7.36. The van der Waals surface area contributed by atoms with E-state index in [9.17, 15) is 0 Å². The first kappa shape index (κ1) is 15.5. The predicted molar refractivity (Wildman–Crippen MR) is 79.6 cm³/mol. The SMILES string of the molecule is COCCC(C)C(CBr)Cc1cccc(OC)c1. The predicted octanol–water partition coefficient (Wildman–Crippen LogP) is 3.92. The molecular weight excluding hydrogens is 292 g/mol. The summed E-state index contributed by atoms with van der Waals surface area (Å²) in [5.74, 6) is 2.22. The Balaban J connectivity index is 2.60. The van der Waals surface area contributed by atoms with Crippen molar-refractivity contribution in [2.45, 2.75) is 19.8 Å². The molecule has 2 atom stereocenters. The molecule has 0 saturated heterocycles. The highest BCUT2D eigenvalue weighted by atomic mass is 79.9. The van der Waals surface area contributed by atoms with Crippen LogP contribution >= 0.6 is 15.9 Å². The van der Waals surface area contributed by atoms with Gasteiger partial charge in [-0.15, -0.1) is 0 Å². The summed E-state index contributed by atoms with van der Waals surface area (Å²) < 4.78 is 10.4. The molecule has 0 aliphatic heterocycles. The second-order valence-electron chi connectivity index (χ2n) is 4.73. The maximum absolute atomic E-state index is 5.26. The van der Waals surface area contributed by atoms with Crippen LogP contribution in [0.15, 0.2) is 24.3 Å². The van der Waals surface area contributed by atoms with Gasteiger partial charge in [-0.25, -0.2) is 0 Å². The van der Waals surface area contributed by atoms with E-state index in [1.807, 2.05) is 6.07 Å². The number of halogens is 1. The summed E-state index contributed by atoms with van der Waals surface area (Å²) in [4.78, 5) is 0. The van der Waals surface area contributed by atoms with Crippen molar-refractivity contribution in [1.29, 1.82) is 0 Å². The van der Waals surface area contributed by atoms with E-state index in [0.29, 0.717) is 11.8 Å². The number of hydrogen-bond donors (Lipinski definition) is 0. The van der Waals surface area contributed by atoms with Crippen molar-refractivity contribution in [1.82, 2.24) is 0 Å². The van der Waals surface area contributed by atoms with Crippen molar-refractivity contribution in [3.8, 4) is 5.75 Å². The summed E-state index contributed by atoms with van der Waals surface area (Å²) in [7, 11) is 3.47. The van der Waals surface area contributed by atoms with E-state index in [-0.39, 0.29) is 0 Å². The number of hydrogen-bond acceptors (Lipinski definition) is 2. The Labute approximate surface area is 119 Å². The molecule has 0 bridgehead atoms. The fourth-order valence-corrected chi connectivity index (χ4v) is 2.92. The highest BCUT2D eigenvalue weighted by Gasteiger charge is 2.16. The number of ether oxygens (including phenoxy) is 2. The quantitative estimate of drug-likeness (QED) is 0.677. The average molecular weight is 315 g/mol. The van der Waals surface area contributed by atoms with Crippen LogP contribution in [0.1, 0.15) is 18.9 Å². The van der Waals surface area contributed by atoms with E-state index < -0.39 is 0 Å². The zero-order valence-corrected chi connectivity index (χ0v) is 13.1.